The molecule has 5 heteroatoms. The van der Waals surface area contributed by atoms with Crippen molar-refractivity contribution in [3.8, 4) is 5.75 Å². The number of rotatable bonds is 2. The van der Waals surface area contributed by atoms with Gasteiger partial charge >= 0.3 is 0 Å². The molecule has 0 radical (unpaired) electrons. The van der Waals surface area contributed by atoms with Crippen molar-refractivity contribution in [3.63, 3.8) is 0 Å². The summed E-state index contributed by atoms with van der Waals surface area (Å²) in [5.74, 6) is 1.66. The van der Waals surface area contributed by atoms with Crippen LogP contribution in [0.3, 0.4) is 0 Å². The number of halogens is 1. The topological polar surface area (TPSA) is 47.0 Å². The summed E-state index contributed by atoms with van der Waals surface area (Å²) in [6, 6.07) is 11.8. The number of fused-ring (bicyclic) bond motifs is 1. The Hall–Kier alpha value is -1.81. The molecule has 0 saturated heterocycles. The normalized spacial score (nSPS) is 17.7. The van der Waals surface area contributed by atoms with Gasteiger partial charge in [-0.2, -0.15) is 0 Å². The Kier molecular flexibility index (Phi) is 3.02. The molecule has 2 aromatic rings. The second-order valence-corrected chi connectivity index (χ2v) is 4.50. The van der Waals surface area contributed by atoms with Crippen LogP contribution in [0.2, 0.25) is 5.15 Å². The minimum absolute atomic E-state index is 0.199. The molecular weight excluding hydrogens is 250 g/mol. The minimum Gasteiger partial charge on any atom is -0.493 e. The molecule has 1 atom stereocenters. The molecule has 0 amide bonds. The van der Waals surface area contributed by atoms with Crippen LogP contribution in [0.25, 0.3) is 0 Å². The molecule has 4 nitrogen and oxygen atoms in total. The Labute approximate surface area is 110 Å². The van der Waals surface area contributed by atoms with E-state index in [2.05, 4.69) is 21.6 Å². The summed E-state index contributed by atoms with van der Waals surface area (Å²) in [7, 11) is 0. The molecule has 3 rings (SSSR count). The van der Waals surface area contributed by atoms with Crippen molar-refractivity contribution in [3.05, 3.63) is 47.1 Å². The molecule has 0 spiro atoms. The van der Waals surface area contributed by atoms with Crippen molar-refractivity contribution >= 4 is 17.4 Å². The quantitative estimate of drug-likeness (QED) is 0.903. The zero-order valence-electron chi connectivity index (χ0n) is 9.64. The molecule has 1 aromatic heterocycles. The maximum Gasteiger partial charge on any atom is 0.151 e. The van der Waals surface area contributed by atoms with Gasteiger partial charge in [-0.05, 0) is 18.2 Å². The predicted octanol–water partition coefficient (Wildman–Crippen LogP) is 3.07. The molecule has 1 aliphatic rings. The van der Waals surface area contributed by atoms with Crippen molar-refractivity contribution in [2.45, 2.75) is 12.5 Å². The van der Waals surface area contributed by atoms with E-state index in [1.54, 1.807) is 6.07 Å². The molecular formula is C13H12ClN3O. The van der Waals surface area contributed by atoms with E-state index in [-0.39, 0.29) is 6.04 Å². The summed E-state index contributed by atoms with van der Waals surface area (Å²) >= 11 is 5.71. The third-order valence-electron chi connectivity index (χ3n) is 2.91. The van der Waals surface area contributed by atoms with Crippen LogP contribution in [0.4, 0.5) is 5.82 Å². The summed E-state index contributed by atoms with van der Waals surface area (Å²) in [5, 5.41) is 11.6. The zero-order valence-corrected chi connectivity index (χ0v) is 10.4. The average molecular weight is 262 g/mol. The smallest absolute Gasteiger partial charge is 0.151 e. The summed E-state index contributed by atoms with van der Waals surface area (Å²) in [5.41, 5.74) is 1.15. The molecule has 0 bridgehead atoms. The van der Waals surface area contributed by atoms with Crippen LogP contribution >= 0.6 is 11.6 Å². The Morgan fingerprint density at radius 2 is 2.06 bits per heavy atom. The first-order valence-corrected chi connectivity index (χ1v) is 6.18. The number of anilines is 1. The molecule has 0 unspecified atom stereocenters. The summed E-state index contributed by atoms with van der Waals surface area (Å²) in [4.78, 5) is 0. The van der Waals surface area contributed by atoms with E-state index < -0.39 is 0 Å². The van der Waals surface area contributed by atoms with Crippen LogP contribution in [-0.2, 0) is 0 Å². The fourth-order valence-electron chi connectivity index (χ4n) is 2.06. The van der Waals surface area contributed by atoms with Gasteiger partial charge < -0.3 is 10.1 Å². The van der Waals surface area contributed by atoms with Gasteiger partial charge in [0.1, 0.15) is 11.6 Å². The first kappa shape index (κ1) is 11.3. The number of nitrogens with zero attached hydrogens (tertiary/aromatic N) is 2. The molecule has 0 aliphatic carbocycles. The van der Waals surface area contributed by atoms with Gasteiger partial charge in [-0.25, -0.2) is 0 Å². The second-order valence-electron chi connectivity index (χ2n) is 4.11. The van der Waals surface area contributed by atoms with Gasteiger partial charge in [-0.3, -0.25) is 0 Å². The second kappa shape index (κ2) is 4.82. The van der Waals surface area contributed by atoms with Gasteiger partial charge in [-0.15, -0.1) is 10.2 Å². The molecule has 2 heterocycles. The van der Waals surface area contributed by atoms with Crippen molar-refractivity contribution in [1.82, 2.24) is 10.2 Å². The number of nitrogens with one attached hydrogen (secondary N) is 1. The molecule has 0 fully saturated rings. The molecule has 18 heavy (non-hydrogen) atoms. The Morgan fingerprint density at radius 3 is 2.89 bits per heavy atom. The van der Waals surface area contributed by atoms with Gasteiger partial charge in [0.05, 0.1) is 12.6 Å². The SMILES string of the molecule is Clc1ccc(N[C@@H]2CCOc3ccccc32)nn1. The number of ether oxygens (including phenoxy) is 1. The highest BCUT2D eigenvalue weighted by Gasteiger charge is 2.21. The van der Waals surface area contributed by atoms with Crippen LogP contribution in [0.5, 0.6) is 5.75 Å². The molecule has 92 valence electrons. The lowest BCUT2D eigenvalue weighted by Crippen LogP contribution is -2.20. The van der Waals surface area contributed by atoms with Crippen molar-refractivity contribution in [2.75, 3.05) is 11.9 Å². The van der Waals surface area contributed by atoms with E-state index in [4.69, 9.17) is 16.3 Å². The number of benzene rings is 1. The fourth-order valence-corrected chi connectivity index (χ4v) is 2.16. The Bertz CT molecular complexity index is 544. The average Bonchev–Trinajstić information content (AvgIpc) is 2.42. The van der Waals surface area contributed by atoms with E-state index in [1.165, 1.54) is 0 Å². The molecule has 1 aromatic carbocycles. The lowest BCUT2D eigenvalue weighted by atomic mass is 10.0. The lowest BCUT2D eigenvalue weighted by Gasteiger charge is -2.26. The van der Waals surface area contributed by atoms with Gasteiger partial charge in [0, 0.05) is 12.0 Å². The summed E-state index contributed by atoms with van der Waals surface area (Å²) < 4.78 is 5.61. The van der Waals surface area contributed by atoms with E-state index in [1.807, 2.05) is 24.3 Å². The van der Waals surface area contributed by atoms with E-state index in [9.17, 15) is 0 Å². The minimum atomic E-state index is 0.199. The van der Waals surface area contributed by atoms with Crippen molar-refractivity contribution in [2.24, 2.45) is 0 Å². The highest BCUT2D eigenvalue weighted by molar-refractivity contribution is 6.29. The maximum absolute atomic E-state index is 5.71. The summed E-state index contributed by atoms with van der Waals surface area (Å²) in [6.07, 6.45) is 0.904. The Balaban J connectivity index is 1.84. The zero-order chi connectivity index (χ0) is 12.4. The van der Waals surface area contributed by atoms with Crippen LogP contribution in [0.15, 0.2) is 36.4 Å². The summed E-state index contributed by atoms with van der Waals surface area (Å²) in [6.45, 7) is 0.704. The molecule has 0 saturated carbocycles. The van der Waals surface area contributed by atoms with Crippen LogP contribution in [-0.4, -0.2) is 16.8 Å². The van der Waals surface area contributed by atoms with Crippen LogP contribution in [0, 0.1) is 0 Å². The first-order valence-electron chi connectivity index (χ1n) is 5.80. The van der Waals surface area contributed by atoms with Gasteiger partial charge in [0.25, 0.3) is 0 Å². The highest BCUT2D eigenvalue weighted by atomic mass is 35.5. The van der Waals surface area contributed by atoms with Gasteiger partial charge in [0.2, 0.25) is 0 Å². The largest absolute Gasteiger partial charge is 0.493 e. The highest BCUT2D eigenvalue weighted by Crippen LogP contribution is 2.33. The monoisotopic (exact) mass is 261 g/mol. The van der Waals surface area contributed by atoms with Crippen molar-refractivity contribution in [1.29, 1.82) is 0 Å². The third-order valence-corrected chi connectivity index (χ3v) is 3.11. The first-order chi connectivity index (χ1) is 8.83. The predicted molar refractivity (Wildman–Crippen MR) is 70.0 cm³/mol. The van der Waals surface area contributed by atoms with Gasteiger partial charge in [0.15, 0.2) is 5.15 Å². The number of hydrogen-bond acceptors (Lipinski definition) is 4. The number of hydrogen-bond donors (Lipinski definition) is 1. The standard InChI is InChI=1S/C13H12ClN3O/c14-12-5-6-13(17-16-12)15-10-7-8-18-11-4-2-1-3-9(10)11/h1-6,10H,7-8H2,(H,15,17)/t10-/m1/s1. The lowest BCUT2D eigenvalue weighted by molar-refractivity contribution is 0.274. The van der Waals surface area contributed by atoms with E-state index >= 15 is 0 Å². The maximum atomic E-state index is 5.71. The van der Waals surface area contributed by atoms with Crippen molar-refractivity contribution < 1.29 is 4.74 Å². The van der Waals surface area contributed by atoms with E-state index in [0.717, 1.165) is 23.6 Å². The van der Waals surface area contributed by atoms with Crippen LogP contribution in [0.1, 0.15) is 18.0 Å². The number of para-hydroxylation sites is 1. The van der Waals surface area contributed by atoms with Crippen LogP contribution < -0.4 is 10.1 Å². The molecule has 1 N–H and O–H groups in total. The van der Waals surface area contributed by atoms with E-state index in [0.29, 0.717) is 11.8 Å². The number of aromatic nitrogens is 2. The molecule has 1 aliphatic heterocycles. The van der Waals surface area contributed by atoms with Gasteiger partial charge in [-0.1, -0.05) is 29.8 Å². The fraction of sp³-hybridized carbons (Fsp3) is 0.231. The Morgan fingerprint density at radius 1 is 1.17 bits per heavy atom. The third kappa shape index (κ3) is 2.24.